The number of amides is 2. The van der Waals surface area contributed by atoms with Gasteiger partial charge in [0, 0.05) is 0 Å². The molecule has 188 valence electrons. The number of aliphatic carboxylic acids is 1. The van der Waals surface area contributed by atoms with Crippen LogP contribution in [0.15, 0.2) is 91.0 Å². The number of benzene rings is 3. The largest absolute Gasteiger partial charge is 0.480 e. The maximum atomic E-state index is 12.8. The average Bonchev–Trinajstić information content (AvgIpc) is 2.89. The van der Waals surface area contributed by atoms with Crippen LogP contribution in [0.5, 0.6) is 0 Å². The van der Waals surface area contributed by atoms with E-state index < -0.39 is 23.5 Å². The summed E-state index contributed by atoms with van der Waals surface area (Å²) in [4.78, 5) is 36.5. The van der Waals surface area contributed by atoms with Crippen molar-refractivity contribution in [2.24, 2.45) is 5.92 Å². The predicted octanol–water partition coefficient (Wildman–Crippen LogP) is 3.30. The summed E-state index contributed by atoms with van der Waals surface area (Å²) in [6.45, 7) is 3.39. The fourth-order valence-corrected chi connectivity index (χ4v) is 4.26. The summed E-state index contributed by atoms with van der Waals surface area (Å²) in [6.07, 6.45) is 0.310. The fraction of sp³-hybridized carbons (Fsp3) is 0.276. The van der Waals surface area contributed by atoms with Crippen molar-refractivity contribution >= 4 is 17.8 Å². The van der Waals surface area contributed by atoms with Gasteiger partial charge in [0.05, 0.1) is 18.6 Å². The van der Waals surface area contributed by atoms with E-state index in [-0.39, 0.29) is 24.9 Å². The van der Waals surface area contributed by atoms with Gasteiger partial charge in [-0.1, -0.05) is 105 Å². The van der Waals surface area contributed by atoms with Crippen molar-refractivity contribution in [1.82, 2.24) is 16.0 Å². The quantitative estimate of drug-likeness (QED) is 0.293. The van der Waals surface area contributed by atoms with E-state index in [4.69, 9.17) is 0 Å². The molecule has 0 heterocycles. The Morgan fingerprint density at radius 2 is 1.17 bits per heavy atom. The number of carboxylic acid groups (broad SMARTS) is 1. The van der Waals surface area contributed by atoms with E-state index in [1.807, 2.05) is 105 Å². The number of carboxylic acids is 1. The van der Waals surface area contributed by atoms with Crippen LogP contribution in [0.1, 0.15) is 37.0 Å². The lowest BCUT2D eigenvalue weighted by molar-refractivity contribution is -0.142. The Labute approximate surface area is 211 Å². The van der Waals surface area contributed by atoms with Crippen LogP contribution < -0.4 is 16.0 Å². The fourth-order valence-electron chi connectivity index (χ4n) is 4.26. The SMILES string of the molecule is CC(C)C[C@H](NC(=O)CNC(=O)CNC(c1ccccc1)(c1ccccc1)c1ccccc1)C(=O)O. The lowest BCUT2D eigenvalue weighted by Gasteiger charge is -2.37. The minimum absolute atomic E-state index is 0.0691. The summed E-state index contributed by atoms with van der Waals surface area (Å²) < 4.78 is 0. The van der Waals surface area contributed by atoms with Crippen molar-refractivity contribution in [2.75, 3.05) is 13.1 Å². The third kappa shape index (κ3) is 6.79. The standard InChI is InChI=1S/C29H33N3O4/c1-21(2)18-25(28(35)36)32-27(34)19-30-26(33)20-31-29(22-12-6-3-7-13-22,23-14-8-4-9-15-23)24-16-10-5-11-17-24/h3-17,21,25,31H,18-20H2,1-2H3,(H,30,33)(H,32,34)(H,35,36)/t25-/m0/s1. The van der Waals surface area contributed by atoms with Gasteiger partial charge < -0.3 is 15.7 Å². The van der Waals surface area contributed by atoms with E-state index in [1.165, 1.54) is 0 Å². The topological polar surface area (TPSA) is 108 Å². The molecule has 36 heavy (non-hydrogen) atoms. The molecule has 0 fully saturated rings. The first-order valence-corrected chi connectivity index (χ1v) is 12.0. The molecule has 3 aromatic rings. The Morgan fingerprint density at radius 1 is 0.722 bits per heavy atom. The molecule has 0 saturated carbocycles. The van der Waals surface area contributed by atoms with Gasteiger partial charge in [-0.2, -0.15) is 0 Å². The molecule has 1 atom stereocenters. The zero-order valence-electron chi connectivity index (χ0n) is 20.6. The summed E-state index contributed by atoms with van der Waals surface area (Å²) in [6, 6.07) is 28.7. The van der Waals surface area contributed by atoms with Gasteiger partial charge in [0.15, 0.2) is 0 Å². The number of hydrogen-bond donors (Lipinski definition) is 4. The Kier molecular flexibility index (Phi) is 9.36. The third-order valence-electron chi connectivity index (χ3n) is 5.92. The Bertz CT molecular complexity index is 1040. The normalized spacial score (nSPS) is 12.1. The van der Waals surface area contributed by atoms with Crippen LogP contribution in [-0.2, 0) is 19.9 Å². The van der Waals surface area contributed by atoms with E-state index in [0.29, 0.717) is 6.42 Å². The monoisotopic (exact) mass is 487 g/mol. The van der Waals surface area contributed by atoms with Crippen LogP contribution in [0.3, 0.4) is 0 Å². The van der Waals surface area contributed by atoms with Gasteiger partial charge in [0.25, 0.3) is 0 Å². The van der Waals surface area contributed by atoms with E-state index in [0.717, 1.165) is 16.7 Å². The van der Waals surface area contributed by atoms with Crippen molar-refractivity contribution in [3.63, 3.8) is 0 Å². The molecule has 3 aromatic carbocycles. The first-order chi connectivity index (χ1) is 17.3. The van der Waals surface area contributed by atoms with Gasteiger partial charge in [-0.25, -0.2) is 4.79 Å². The zero-order valence-corrected chi connectivity index (χ0v) is 20.6. The van der Waals surface area contributed by atoms with Crippen LogP contribution in [0.25, 0.3) is 0 Å². The maximum Gasteiger partial charge on any atom is 0.326 e. The molecule has 0 bridgehead atoms. The van der Waals surface area contributed by atoms with Gasteiger partial charge in [-0.15, -0.1) is 0 Å². The van der Waals surface area contributed by atoms with Gasteiger partial charge in [-0.05, 0) is 29.0 Å². The lowest BCUT2D eigenvalue weighted by atomic mass is 9.77. The minimum atomic E-state index is -1.09. The smallest absolute Gasteiger partial charge is 0.326 e. The molecule has 7 heteroatoms. The molecule has 0 aliphatic carbocycles. The van der Waals surface area contributed by atoms with Crippen molar-refractivity contribution in [1.29, 1.82) is 0 Å². The molecule has 0 aliphatic heterocycles. The van der Waals surface area contributed by atoms with Gasteiger partial charge in [-0.3, -0.25) is 14.9 Å². The number of carbonyl (C=O) groups is 3. The maximum absolute atomic E-state index is 12.8. The molecule has 2 amide bonds. The molecular weight excluding hydrogens is 454 g/mol. The third-order valence-corrected chi connectivity index (χ3v) is 5.92. The zero-order chi connectivity index (χ0) is 26.0. The number of carbonyl (C=O) groups excluding carboxylic acids is 2. The molecule has 0 aromatic heterocycles. The van der Waals surface area contributed by atoms with Crippen LogP contribution in [0, 0.1) is 5.92 Å². The van der Waals surface area contributed by atoms with Crippen molar-refractivity contribution in [3.05, 3.63) is 108 Å². The number of hydrogen-bond acceptors (Lipinski definition) is 4. The van der Waals surface area contributed by atoms with Crippen LogP contribution in [-0.4, -0.2) is 42.0 Å². The Morgan fingerprint density at radius 3 is 1.56 bits per heavy atom. The molecule has 0 spiro atoms. The molecular formula is C29H33N3O4. The van der Waals surface area contributed by atoms with E-state index in [1.54, 1.807) is 0 Å². The van der Waals surface area contributed by atoms with Crippen LogP contribution in [0.4, 0.5) is 0 Å². The van der Waals surface area contributed by atoms with Gasteiger partial charge in [0.1, 0.15) is 6.04 Å². The van der Waals surface area contributed by atoms with Crippen molar-refractivity contribution < 1.29 is 19.5 Å². The highest BCUT2D eigenvalue weighted by atomic mass is 16.4. The molecule has 0 saturated heterocycles. The second-order valence-corrected chi connectivity index (χ2v) is 9.07. The first kappa shape index (κ1) is 26.6. The minimum Gasteiger partial charge on any atom is -0.480 e. The van der Waals surface area contributed by atoms with Crippen LogP contribution >= 0.6 is 0 Å². The second-order valence-electron chi connectivity index (χ2n) is 9.07. The Balaban J connectivity index is 1.78. The van der Waals surface area contributed by atoms with E-state index >= 15 is 0 Å². The molecule has 3 rings (SSSR count). The summed E-state index contributed by atoms with van der Waals surface area (Å²) in [5.41, 5.74) is 2.08. The summed E-state index contributed by atoms with van der Waals surface area (Å²) >= 11 is 0. The van der Waals surface area contributed by atoms with Crippen molar-refractivity contribution in [3.8, 4) is 0 Å². The lowest BCUT2D eigenvalue weighted by Crippen LogP contribution is -2.50. The predicted molar refractivity (Wildman–Crippen MR) is 139 cm³/mol. The van der Waals surface area contributed by atoms with Gasteiger partial charge in [0.2, 0.25) is 11.8 Å². The highest BCUT2D eigenvalue weighted by Crippen LogP contribution is 2.36. The molecule has 4 N–H and O–H groups in total. The molecule has 0 aliphatic rings. The second kappa shape index (κ2) is 12.7. The number of nitrogens with one attached hydrogen (secondary N) is 3. The molecule has 0 unspecified atom stereocenters. The molecule has 0 radical (unpaired) electrons. The van der Waals surface area contributed by atoms with E-state index in [9.17, 15) is 19.5 Å². The van der Waals surface area contributed by atoms with Gasteiger partial charge >= 0.3 is 5.97 Å². The average molecular weight is 488 g/mol. The molecule has 7 nitrogen and oxygen atoms in total. The van der Waals surface area contributed by atoms with Crippen LogP contribution in [0.2, 0.25) is 0 Å². The summed E-state index contributed by atoms with van der Waals surface area (Å²) in [5.74, 6) is -1.92. The number of rotatable bonds is 12. The van der Waals surface area contributed by atoms with Crippen molar-refractivity contribution in [2.45, 2.75) is 31.8 Å². The summed E-state index contributed by atoms with van der Waals surface area (Å²) in [5, 5.41) is 17.9. The summed E-state index contributed by atoms with van der Waals surface area (Å²) in [7, 11) is 0. The highest BCUT2D eigenvalue weighted by Gasteiger charge is 2.36. The first-order valence-electron chi connectivity index (χ1n) is 12.0. The van der Waals surface area contributed by atoms with E-state index in [2.05, 4.69) is 16.0 Å². The highest BCUT2D eigenvalue weighted by molar-refractivity contribution is 5.88. The Hall–Kier alpha value is -3.97.